The largest absolute Gasteiger partial charge is 0.463 e. The molecule has 17 heavy (non-hydrogen) atoms. The number of nitrogens with one attached hydrogen (secondary N) is 1. The number of esters is 1. The van der Waals surface area contributed by atoms with Crippen molar-refractivity contribution < 1.29 is 9.53 Å². The number of aromatic amines is 1. The maximum Gasteiger partial charge on any atom is 0.377 e. The van der Waals surface area contributed by atoms with Crippen LogP contribution < -0.4 is 5.56 Å². The summed E-state index contributed by atoms with van der Waals surface area (Å²) in [7, 11) is 1.21. The van der Waals surface area contributed by atoms with Gasteiger partial charge in [-0.05, 0) is 0 Å². The lowest BCUT2D eigenvalue weighted by Gasteiger charge is -1.99. The number of carbonyl (C=O) groups is 1. The highest BCUT2D eigenvalue weighted by Crippen LogP contribution is 2.10. The van der Waals surface area contributed by atoms with Crippen molar-refractivity contribution in [1.29, 1.82) is 0 Å². The van der Waals surface area contributed by atoms with Gasteiger partial charge >= 0.3 is 5.97 Å². The Labute approximate surface area is 99.2 Å². The van der Waals surface area contributed by atoms with Gasteiger partial charge in [-0.15, -0.1) is 5.10 Å². The summed E-state index contributed by atoms with van der Waals surface area (Å²) in [5.41, 5.74) is -0.508. The molecular formula is C8H6ClN5O3. The molecule has 0 bridgehead atoms. The molecule has 2 heterocycles. The first-order valence-electron chi connectivity index (χ1n) is 4.37. The molecule has 0 aliphatic heterocycles. The van der Waals surface area contributed by atoms with Crippen molar-refractivity contribution in [1.82, 2.24) is 24.7 Å². The van der Waals surface area contributed by atoms with Crippen LogP contribution in [0, 0.1) is 0 Å². The number of hydrogen-bond acceptors (Lipinski definition) is 6. The summed E-state index contributed by atoms with van der Waals surface area (Å²) in [5.74, 6) is -0.756. The zero-order valence-corrected chi connectivity index (χ0v) is 9.30. The molecular weight excluding hydrogens is 250 g/mol. The van der Waals surface area contributed by atoms with Gasteiger partial charge in [0.1, 0.15) is 6.33 Å². The first kappa shape index (κ1) is 11.3. The van der Waals surface area contributed by atoms with Crippen LogP contribution in [0.5, 0.6) is 0 Å². The molecule has 0 aromatic carbocycles. The van der Waals surface area contributed by atoms with E-state index in [-0.39, 0.29) is 16.7 Å². The summed E-state index contributed by atoms with van der Waals surface area (Å²) < 4.78 is 5.56. The second-order valence-electron chi connectivity index (χ2n) is 2.87. The average Bonchev–Trinajstić information content (AvgIpc) is 2.81. The predicted molar refractivity (Wildman–Crippen MR) is 56.1 cm³/mol. The van der Waals surface area contributed by atoms with Crippen LogP contribution in [-0.4, -0.2) is 37.8 Å². The minimum Gasteiger partial charge on any atom is -0.463 e. The zero-order chi connectivity index (χ0) is 12.4. The normalized spacial score (nSPS) is 10.2. The molecule has 0 aliphatic rings. The third kappa shape index (κ3) is 2.02. The molecule has 0 saturated carbocycles. The minimum atomic E-state index is -0.690. The van der Waals surface area contributed by atoms with Crippen LogP contribution in [-0.2, 0) is 4.74 Å². The van der Waals surface area contributed by atoms with E-state index in [1.165, 1.54) is 19.8 Å². The first-order chi connectivity index (χ1) is 8.13. The molecule has 2 rings (SSSR count). The zero-order valence-electron chi connectivity index (χ0n) is 8.55. The number of ether oxygens (including phenoxy) is 1. The van der Waals surface area contributed by atoms with Crippen LogP contribution in [0.4, 0.5) is 0 Å². The topological polar surface area (TPSA) is 103 Å². The lowest BCUT2D eigenvalue weighted by atomic mass is 10.6. The lowest BCUT2D eigenvalue weighted by Crippen LogP contribution is -2.12. The van der Waals surface area contributed by atoms with Crippen molar-refractivity contribution in [3.8, 4) is 5.82 Å². The Kier molecular flexibility index (Phi) is 2.88. The Morgan fingerprint density at radius 3 is 3.00 bits per heavy atom. The summed E-state index contributed by atoms with van der Waals surface area (Å²) in [6, 6.07) is 0. The second-order valence-corrected chi connectivity index (χ2v) is 3.25. The summed E-state index contributed by atoms with van der Waals surface area (Å²) in [5, 5.41) is 3.64. The van der Waals surface area contributed by atoms with Crippen molar-refractivity contribution in [2.45, 2.75) is 0 Å². The monoisotopic (exact) mass is 255 g/mol. The van der Waals surface area contributed by atoms with Gasteiger partial charge in [-0.3, -0.25) is 4.79 Å². The molecule has 0 spiro atoms. The number of methoxy groups -OCH3 is 1. The van der Waals surface area contributed by atoms with Gasteiger partial charge in [0.15, 0.2) is 10.8 Å². The van der Waals surface area contributed by atoms with Gasteiger partial charge in [0.2, 0.25) is 0 Å². The number of H-pyrrole nitrogens is 1. The Hall–Kier alpha value is -2.22. The Bertz CT molecular complexity index is 620. The van der Waals surface area contributed by atoms with E-state index in [9.17, 15) is 9.59 Å². The fourth-order valence-electron chi connectivity index (χ4n) is 1.08. The third-order valence-electron chi connectivity index (χ3n) is 1.85. The maximum absolute atomic E-state index is 11.2. The fraction of sp³-hybridized carbons (Fsp3) is 0.125. The first-order valence-corrected chi connectivity index (χ1v) is 4.75. The molecule has 9 heteroatoms. The van der Waals surface area contributed by atoms with Gasteiger partial charge < -0.3 is 9.72 Å². The van der Waals surface area contributed by atoms with Crippen molar-refractivity contribution in [2.24, 2.45) is 0 Å². The van der Waals surface area contributed by atoms with Crippen molar-refractivity contribution >= 4 is 17.6 Å². The molecule has 0 atom stereocenters. The Morgan fingerprint density at radius 2 is 2.29 bits per heavy atom. The van der Waals surface area contributed by atoms with Crippen LogP contribution in [0.1, 0.15) is 10.6 Å². The molecule has 2 aromatic heterocycles. The molecule has 0 unspecified atom stereocenters. The highest BCUT2D eigenvalue weighted by Gasteiger charge is 2.15. The smallest absolute Gasteiger partial charge is 0.377 e. The maximum atomic E-state index is 11.2. The van der Waals surface area contributed by atoms with E-state index in [1.54, 1.807) is 0 Å². The fourth-order valence-corrected chi connectivity index (χ4v) is 1.27. The molecule has 2 aromatic rings. The van der Waals surface area contributed by atoms with Gasteiger partial charge in [-0.2, -0.15) is 0 Å². The molecule has 0 aliphatic carbocycles. The second kappa shape index (κ2) is 4.34. The molecule has 0 saturated heterocycles. The minimum absolute atomic E-state index is 0.0815. The van der Waals surface area contributed by atoms with E-state index < -0.39 is 11.5 Å². The van der Waals surface area contributed by atoms with Crippen LogP contribution >= 0.6 is 11.6 Å². The average molecular weight is 256 g/mol. The molecule has 1 N–H and O–H groups in total. The summed E-state index contributed by atoms with van der Waals surface area (Å²) in [6.45, 7) is 0. The van der Waals surface area contributed by atoms with Crippen molar-refractivity contribution in [2.75, 3.05) is 7.11 Å². The van der Waals surface area contributed by atoms with Gasteiger partial charge in [0.25, 0.3) is 11.4 Å². The number of rotatable bonds is 2. The van der Waals surface area contributed by atoms with Crippen LogP contribution in [0.3, 0.4) is 0 Å². The predicted octanol–water partition coefficient (Wildman–Crippen LogP) is -0.209. The van der Waals surface area contributed by atoms with Crippen LogP contribution in [0.25, 0.3) is 5.82 Å². The number of carbonyl (C=O) groups excluding carboxylic acids is 1. The van der Waals surface area contributed by atoms with Gasteiger partial charge in [0, 0.05) is 0 Å². The van der Waals surface area contributed by atoms with E-state index in [0.29, 0.717) is 0 Å². The molecule has 88 valence electrons. The van der Waals surface area contributed by atoms with Gasteiger partial charge in [0.05, 0.1) is 13.4 Å². The van der Waals surface area contributed by atoms with Crippen molar-refractivity contribution in [3.63, 3.8) is 0 Å². The molecule has 8 nitrogen and oxygen atoms in total. The van der Waals surface area contributed by atoms with E-state index in [0.717, 1.165) is 4.68 Å². The van der Waals surface area contributed by atoms with Crippen LogP contribution in [0.2, 0.25) is 5.02 Å². The quantitative estimate of drug-likeness (QED) is 0.745. The summed E-state index contributed by atoms with van der Waals surface area (Å²) >= 11 is 5.74. The highest BCUT2D eigenvalue weighted by atomic mass is 35.5. The SMILES string of the molecule is COC(=O)c1ncn(-c2nc[nH]c(=O)c2Cl)n1. The van der Waals surface area contributed by atoms with E-state index in [1.807, 2.05) is 0 Å². The lowest BCUT2D eigenvalue weighted by molar-refractivity contribution is 0.0587. The number of hydrogen-bond donors (Lipinski definition) is 1. The standard InChI is InChI=1S/C8H6ClN5O3/c1-17-8(16)5-12-3-14(13-5)6-4(9)7(15)11-2-10-6/h2-3H,1H3,(H,10,11,15). The highest BCUT2D eigenvalue weighted by molar-refractivity contribution is 6.31. The van der Waals surface area contributed by atoms with Gasteiger partial charge in [-0.1, -0.05) is 11.6 Å². The van der Waals surface area contributed by atoms with E-state index in [4.69, 9.17) is 11.6 Å². The summed E-state index contributed by atoms with van der Waals surface area (Å²) in [4.78, 5) is 32.2. The molecule has 0 radical (unpaired) electrons. The number of aromatic nitrogens is 5. The Balaban J connectivity index is 2.47. The van der Waals surface area contributed by atoms with E-state index >= 15 is 0 Å². The van der Waals surface area contributed by atoms with Crippen molar-refractivity contribution in [3.05, 3.63) is 33.9 Å². The van der Waals surface area contributed by atoms with Crippen LogP contribution in [0.15, 0.2) is 17.4 Å². The molecule has 0 fully saturated rings. The number of halogens is 1. The molecule has 0 amide bonds. The van der Waals surface area contributed by atoms with Gasteiger partial charge in [-0.25, -0.2) is 19.4 Å². The number of nitrogens with zero attached hydrogens (tertiary/aromatic N) is 4. The Morgan fingerprint density at radius 1 is 1.53 bits per heavy atom. The summed E-state index contributed by atoms with van der Waals surface area (Å²) in [6.07, 6.45) is 2.38. The third-order valence-corrected chi connectivity index (χ3v) is 2.20. The van der Waals surface area contributed by atoms with E-state index in [2.05, 4.69) is 24.8 Å².